The van der Waals surface area contributed by atoms with Gasteiger partial charge in [-0.2, -0.15) is 5.10 Å². The van der Waals surface area contributed by atoms with E-state index in [4.69, 9.17) is 0 Å². The van der Waals surface area contributed by atoms with Gasteiger partial charge in [0.2, 0.25) is 5.91 Å². The summed E-state index contributed by atoms with van der Waals surface area (Å²) in [6.07, 6.45) is 2.87. The lowest BCUT2D eigenvalue weighted by atomic mass is 10.2. The van der Waals surface area contributed by atoms with Crippen molar-refractivity contribution >= 4 is 47.6 Å². The second kappa shape index (κ2) is 13.5. The Morgan fingerprint density at radius 3 is 2.62 bits per heavy atom. The minimum Gasteiger partial charge on any atom is -0.356 e. The lowest BCUT2D eigenvalue weighted by molar-refractivity contribution is -0.127. The van der Waals surface area contributed by atoms with Gasteiger partial charge in [-0.25, -0.2) is 4.99 Å². The van der Waals surface area contributed by atoms with Crippen LogP contribution in [-0.4, -0.2) is 59.5 Å². The molecule has 160 valence electrons. The summed E-state index contributed by atoms with van der Waals surface area (Å²) in [5.74, 6) is 1.54. The molecule has 2 aromatic rings. The Morgan fingerprint density at radius 1 is 1.24 bits per heavy atom. The number of aryl methyl sites for hydroxylation is 2. The minimum atomic E-state index is 0. The normalized spacial score (nSPS) is 11.0. The summed E-state index contributed by atoms with van der Waals surface area (Å²) in [5, 5.41) is 10.9. The van der Waals surface area contributed by atoms with Crippen LogP contribution in [0.15, 0.2) is 46.4 Å². The Bertz CT molecular complexity index is 779. The monoisotopic (exact) mass is 530 g/mol. The van der Waals surface area contributed by atoms with Gasteiger partial charge in [0.1, 0.15) is 0 Å². The summed E-state index contributed by atoms with van der Waals surface area (Å²) >= 11 is 1.78. The van der Waals surface area contributed by atoms with E-state index in [1.165, 1.54) is 4.90 Å². The van der Waals surface area contributed by atoms with Gasteiger partial charge in [-0.05, 0) is 18.6 Å². The molecule has 2 rings (SSSR count). The number of benzene rings is 1. The first-order valence-corrected chi connectivity index (χ1v) is 10.4. The standard InChI is InChI=1S/C20H30N6OS.HI/c1-5-18-16(15-26(4)24-18)13-22-20(23-14-19(27)25(2)3)21-11-12-28-17-9-7-6-8-10-17;/h6-10,15H,5,11-14H2,1-4H3,(H2,21,22,23);1H. The Hall–Kier alpha value is -1.75. The van der Waals surface area contributed by atoms with E-state index in [1.807, 2.05) is 36.1 Å². The predicted octanol–water partition coefficient (Wildman–Crippen LogP) is 2.52. The van der Waals surface area contributed by atoms with Crippen molar-refractivity contribution in [2.45, 2.75) is 24.8 Å². The first kappa shape index (κ1) is 25.3. The highest BCUT2D eigenvalue weighted by atomic mass is 127. The van der Waals surface area contributed by atoms with Crippen LogP contribution in [0.1, 0.15) is 18.2 Å². The fourth-order valence-electron chi connectivity index (χ4n) is 2.52. The molecule has 0 radical (unpaired) electrons. The second-order valence-electron chi connectivity index (χ2n) is 6.52. The van der Waals surface area contributed by atoms with Gasteiger partial charge >= 0.3 is 0 Å². The van der Waals surface area contributed by atoms with Gasteiger partial charge in [-0.1, -0.05) is 25.1 Å². The number of amides is 1. The second-order valence-corrected chi connectivity index (χ2v) is 7.69. The number of carbonyl (C=O) groups is 1. The molecule has 1 amide bonds. The van der Waals surface area contributed by atoms with Crippen molar-refractivity contribution in [3.05, 3.63) is 47.8 Å². The molecule has 0 saturated carbocycles. The number of hydrogen-bond donors (Lipinski definition) is 2. The van der Waals surface area contributed by atoms with Crippen molar-refractivity contribution in [2.24, 2.45) is 12.0 Å². The Balaban J connectivity index is 0.00000420. The Labute approximate surface area is 194 Å². The molecule has 0 fully saturated rings. The largest absolute Gasteiger partial charge is 0.356 e. The van der Waals surface area contributed by atoms with Crippen molar-refractivity contribution < 1.29 is 4.79 Å². The molecule has 0 aliphatic carbocycles. The van der Waals surface area contributed by atoms with E-state index in [2.05, 4.69) is 39.8 Å². The molecular weight excluding hydrogens is 499 g/mol. The summed E-state index contributed by atoms with van der Waals surface area (Å²) < 4.78 is 1.82. The third-order valence-corrected chi connectivity index (χ3v) is 5.06. The van der Waals surface area contributed by atoms with Gasteiger partial charge in [0, 0.05) is 50.1 Å². The zero-order valence-electron chi connectivity index (χ0n) is 17.5. The number of halogens is 1. The zero-order valence-corrected chi connectivity index (χ0v) is 20.7. The number of aromatic nitrogens is 2. The van der Waals surface area contributed by atoms with Crippen LogP contribution in [0.2, 0.25) is 0 Å². The van der Waals surface area contributed by atoms with Crippen molar-refractivity contribution in [1.29, 1.82) is 0 Å². The number of nitrogens with one attached hydrogen (secondary N) is 2. The smallest absolute Gasteiger partial charge is 0.241 e. The number of rotatable bonds is 9. The fraction of sp³-hybridized carbons (Fsp3) is 0.450. The van der Waals surface area contributed by atoms with Crippen LogP contribution in [-0.2, 0) is 24.8 Å². The minimum absolute atomic E-state index is 0. The van der Waals surface area contributed by atoms with E-state index in [9.17, 15) is 4.79 Å². The number of aliphatic imine (C=N–C) groups is 1. The van der Waals surface area contributed by atoms with E-state index in [0.29, 0.717) is 12.5 Å². The highest BCUT2D eigenvalue weighted by Gasteiger charge is 2.08. The van der Waals surface area contributed by atoms with Gasteiger partial charge in [0.05, 0.1) is 18.8 Å². The number of carbonyl (C=O) groups excluding carboxylic acids is 1. The maximum atomic E-state index is 11.9. The quantitative estimate of drug-likeness (QED) is 0.171. The van der Waals surface area contributed by atoms with E-state index in [0.717, 1.165) is 30.0 Å². The number of likely N-dealkylation sites (N-methyl/N-ethyl adjacent to an activating group) is 1. The molecule has 0 bridgehead atoms. The first-order chi connectivity index (χ1) is 13.5. The average molecular weight is 530 g/mol. The SMILES string of the molecule is CCc1nn(C)cc1CN=C(NCCSc1ccccc1)NCC(=O)N(C)C.I. The number of hydrogen-bond acceptors (Lipinski definition) is 4. The molecule has 0 atom stereocenters. The maximum Gasteiger partial charge on any atom is 0.241 e. The summed E-state index contributed by atoms with van der Waals surface area (Å²) in [6, 6.07) is 10.3. The predicted molar refractivity (Wildman–Crippen MR) is 131 cm³/mol. The summed E-state index contributed by atoms with van der Waals surface area (Å²) in [4.78, 5) is 19.4. The highest BCUT2D eigenvalue weighted by Crippen LogP contribution is 2.15. The highest BCUT2D eigenvalue weighted by molar-refractivity contribution is 14.0. The lowest BCUT2D eigenvalue weighted by Crippen LogP contribution is -2.43. The molecular formula is C20H31IN6OS. The number of thioether (sulfide) groups is 1. The molecule has 1 aromatic carbocycles. The van der Waals surface area contributed by atoms with Crippen LogP contribution in [0.4, 0.5) is 0 Å². The van der Waals surface area contributed by atoms with Crippen molar-refractivity contribution in [3.8, 4) is 0 Å². The van der Waals surface area contributed by atoms with E-state index in [-0.39, 0.29) is 36.4 Å². The van der Waals surface area contributed by atoms with E-state index in [1.54, 1.807) is 30.8 Å². The third-order valence-electron chi connectivity index (χ3n) is 4.05. The molecule has 1 heterocycles. The molecule has 0 unspecified atom stereocenters. The first-order valence-electron chi connectivity index (χ1n) is 9.41. The topological polar surface area (TPSA) is 74.5 Å². The van der Waals surface area contributed by atoms with E-state index < -0.39 is 0 Å². The van der Waals surface area contributed by atoms with Gasteiger partial charge in [-0.3, -0.25) is 9.48 Å². The molecule has 1 aromatic heterocycles. The maximum absolute atomic E-state index is 11.9. The molecule has 9 heteroatoms. The number of nitrogens with zero attached hydrogens (tertiary/aromatic N) is 4. The van der Waals surface area contributed by atoms with Crippen LogP contribution in [0.25, 0.3) is 0 Å². The van der Waals surface area contributed by atoms with Crippen molar-refractivity contribution in [1.82, 2.24) is 25.3 Å². The fourth-order valence-corrected chi connectivity index (χ4v) is 3.31. The van der Waals surface area contributed by atoms with Crippen molar-refractivity contribution in [2.75, 3.05) is 32.9 Å². The summed E-state index contributed by atoms with van der Waals surface area (Å²) in [6.45, 7) is 3.56. The molecule has 0 spiro atoms. The van der Waals surface area contributed by atoms with E-state index >= 15 is 0 Å². The van der Waals surface area contributed by atoms with Crippen LogP contribution in [0.3, 0.4) is 0 Å². The van der Waals surface area contributed by atoms with Gasteiger partial charge in [0.15, 0.2) is 5.96 Å². The van der Waals surface area contributed by atoms with Crippen LogP contribution in [0.5, 0.6) is 0 Å². The lowest BCUT2D eigenvalue weighted by Gasteiger charge is -2.15. The summed E-state index contributed by atoms with van der Waals surface area (Å²) in [5.41, 5.74) is 2.15. The van der Waals surface area contributed by atoms with Crippen molar-refractivity contribution in [3.63, 3.8) is 0 Å². The van der Waals surface area contributed by atoms with Crippen LogP contribution in [0, 0.1) is 0 Å². The molecule has 0 aliphatic rings. The number of guanidine groups is 1. The van der Waals surface area contributed by atoms with Gasteiger partial charge < -0.3 is 15.5 Å². The van der Waals surface area contributed by atoms with Crippen LogP contribution < -0.4 is 10.6 Å². The van der Waals surface area contributed by atoms with Gasteiger partial charge in [0.25, 0.3) is 0 Å². The molecule has 2 N–H and O–H groups in total. The average Bonchev–Trinajstić information content (AvgIpc) is 3.06. The van der Waals surface area contributed by atoms with Gasteiger partial charge in [-0.15, -0.1) is 35.7 Å². The molecule has 7 nitrogen and oxygen atoms in total. The molecule has 0 saturated heterocycles. The molecule has 0 aliphatic heterocycles. The Kier molecular flexibility index (Phi) is 11.7. The summed E-state index contributed by atoms with van der Waals surface area (Å²) in [7, 11) is 5.40. The molecule has 29 heavy (non-hydrogen) atoms. The zero-order chi connectivity index (χ0) is 20.4. The van der Waals surface area contributed by atoms with Crippen LogP contribution >= 0.6 is 35.7 Å². The Morgan fingerprint density at radius 2 is 1.97 bits per heavy atom. The third kappa shape index (κ3) is 9.07.